The summed E-state index contributed by atoms with van der Waals surface area (Å²) in [6.07, 6.45) is 5.92. The topological polar surface area (TPSA) is 98.8 Å². The third kappa shape index (κ3) is 3.24. The zero-order valence-corrected chi connectivity index (χ0v) is 11.2. The molecule has 19 heavy (non-hydrogen) atoms. The molecule has 1 aliphatic rings. The van der Waals surface area contributed by atoms with Gasteiger partial charge >= 0.3 is 0 Å². The lowest BCUT2D eigenvalue weighted by Gasteiger charge is -2.16. The molecule has 0 saturated heterocycles. The van der Waals surface area contributed by atoms with E-state index in [0.717, 1.165) is 31.4 Å². The number of nitriles is 2. The number of fused-ring (bicyclic) bond motifs is 1. The lowest BCUT2D eigenvalue weighted by Crippen LogP contribution is -2.14. The van der Waals surface area contributed by atoms with Crippen LogP contribution in [-0.4, -0.2) is 16.6 Å². The molecule has 6 heteroatoms. The Kier molecular flexibility index (Phi) is 4.38. The first-order valence-corrected chi connectivity index (χ1v) is 7.00. The Labute approximate surface area is 116 Å². The molecular formula is C13H13N5S. The molecule has 0 radical (unpaired) electrons. The van der Waals surface area contributed by atoms with Crippen molar-refractivity contribution < 1.29 is 0 Å². The van der Waals surface area contributed by atoms with Crippen LogP contribution in [0.3, 0.4) is 0 Å². The number of hydrogen-bond acceptors (Lipinski definition) is 5. The molecule has 1 aliphatic carbocycles. The smallest absolute Gasteiger partial charge is 0.207 e. The molecule has 0 aromatic carbocycles. The fourth-order valence-corrected chi connectivity index (χ4v) is 2.83. The van der Waals surface area contributed by atoms with Gasteiger partial charge in [0, 0.05) is 5.69 Å². The normalized spacial score (nSPS) is 14.3. The van der Waals surface area contributed by atoms with Crippen LogP contribution >= 0.6 is 11.8 Å². The van der Waals surface area contributed by atoms with Gasteiger partial charge in [-0.3, -0.25) is 0 Å². The highest BCUT2D eigenvalue weighted by Crippen LogP contribution is 2.27. The number of nitrogens with two attached hydrogens (primary N) is 1. The highest BCUT2D eigenvalue weighted by atomic mass is 32.2. The second kappa shape index (κ2) is 6.21. The van der Waals surface area contributed by atoms with Gasteiger partial charge in [0.2, 0.25) is 6.19 Å². The molecule has 0 atom stereocenters. The highest BCUT2D eigenvalue weighted by molar-refractivity contribution is 8.00. The zero-order valence-electron chi connectivity index (χ0n) is 10.4. The first kappa shape index (κ1) is 13.4. The lowest BCUT2D eigenvalue weighted by molar-refractivity contribution is 0.660. The molecule has 0 unspecified atom stereocenters. The van der Waals surface area contributed by atoms with Crippen LogP contribution in [0.2, 0.25) is 0 Å². The maximum Gasteiger partial charge on any atom is 0.207 e. The van der Waals surface area contributed by atoms with Gasteiger partial charge in [-0.05, 0) is 37.3 Å². The van der Waals surface area contributed by atoms with Crippen LogP contribution in [0.25, 0.3) is 0 Å². The molecule has 0 saturated carbocycles. The highest BCUT2D eigenvalue weighted by Gasteiger charge is 2.15. The van der Waals surface area contributed by atoms with Crippen LogP contribution in [0, 0.1) is 22.8 Å². The Morgan fingerprint density at radius 2 is 2.21 bits per heavy atom. The van der Waals surface area contributed by atoms with Gasteiger partial charge < -0.3 is 5.73 Å². The third-order valence-corrected chi connectivity index (χ3v) is 3.96. The van der Waals surface area contributed by atoms with Crippen LogP contribution in [0.1, 0.15) is 29.7 Å². The number of rotatable bonds is 3. The predicted molar refractivity (Wildman–Crippen MR) is 73.6 cm³/mol. The number of pyridine rings is 1. The van der Waals surface area contributed by atoms with Crippen molar-refractivity contribution in [3.63, 3.8) is 0 Å². The molecule has 1 aromatic rings. The van der Waals surface area contributed by atoms with Gasteiger partial charge in [-0.15, -0.1) is 0 Å². The monoisotopic (exact) mass is 271 g/mol. The predicted octanol–water partition coefficient (Wildman–Crippen LogP) is 1.76. The number of amidine groups is 1. The maximum atomic E-state index is 9.17. The molecule has 2 N–H and O–H groups in total. The Balaban J connectivity index is 2.23. The molecular weight excluding hydrogens is 258 g/mol. The average Bonchev–Trinajstić information content (AvgIpc) is 2.44. The molecule has 0 aliphatic heterocycles. The first-order valence-electron chi connectivity index (χ1n) is 6.01. The zero-order chi connectivity index (χ0) is 13.7. The fraction of sp³-hybridized carbons (Fsp3) is 0.385. The minimum Gasteiger partial charge on any atom is -0.386 e. The molecule has 2 rings (SSSR count). The van der Waals surface area contributed by atoms with Gasteiger partial charge in [-0.2, -0.15) is 15.5 Å². The summed E-state index contributed by atoms with van der Waals surface area (Å²) in [5.41, 5.74) is 8.41. The minimum atomic E-state index is 0.246. The van der Waals surface area contributed by atoms with E-state index in [1.807, 2.05) is 6.07 Å². The number of aliphatic imine (C=N–C) groups is 1. The fourth-order valence-electron chi connectivity index (χ4n) is 2.04. The standard InChI is InChI=1S/C13H13N5S/c14-6-10-5-9-3-1-2-4-11(9)18-13(10)19-7-12(16)17-8-15/h5H,1-4,7H2,(H2,16,17). The van der Waals surface area contributed by atoms with Crippen molar-refractivity contribution in [3.05, 3.63) is 22.9 Å². The number of hydrogen-bond donors (Lipinski definition) is 1. The number of aryl methyl sites for hydroxylation is 2. The van der Waals surface area contributed by atoms with E-state index in [0.29, 0.717) is 16.3 Å². The van der Waals surface area contributed by atoms with Crippen LogP contribution < -0.4 is 5.73 Å². The van der Waals surface area contributed by atoms with E-state index >= 15 is 0 Å². The SMILES string of the molecule is N#CN=C(N)CSc1nc2c(cc1C#N)CCCC2. The Hall–Kier alpha value is -2.05. The van der Waals surface area contributed by atoms with E-state index in [4.69, 9.17) is 11.0 Å². The van der Waals surface area contributed by atoms with Crippen molar-refractivity contribution in [1.29, 1.82) is 10.5 Å². The van der Waals surface area contributed by atoms with Crippen LogP contribution in [0.4, 0.5) is 0 Å². The average molecular weight is 271 g/mol. The summed E-state index contributed by atoms with van der Waals surface area (Å²) >= 11 is 1.35. The van der Waals surface area contributed by atoms with Gasteiger partial charge in [0.15, 0.2) is 0 Å². The Bertz CT molecular complexity index is 594. The largest absolute Gasteiger partial charge is 0.386 e. The molecule has 0 fully saturated rings. The van der Waals surface area contributed by atoms with Gasteiger partial charge in [0.05, 0.1) is 11.3 Å². The van der Waals surface area contributed by atoms with Crippen molar-refractivity contribution in [1.82, 2.24) is 4.98 Å². The second-order valence-corrected chi connectivity index (χ2v) is 5.22. The first-order chi connectivity index (χ1) is 9.24. The molecule has 0 bridgehead atoms. The number of aromatic nitrogens is 1. The van der Waals surface area contributed by atoms with Crippen molar-refractivity contribution in [2.24, 2.45) is 10.7 Å². The summed E-state index contributed by atoms with van der Waals surface area (Å²) in [6.45, 7) is 0. The summed E-state index contributed by atoms with van der Waals surface area (Å²) in [5, 5.41) is 18.2. The quantitative estimate of drug-likeness (QED) is 0.391. The lowest BCUT2D eigenvalue weighted by atomic mass is 9.95. The molecule has 0 amide bonds. The summed E-state index contributed by atoms with van der Waals surface area (Å²) in [4.78, 5) is 8.01. The summed E-state index contributed by atoms with van der Waals surface area (Å²) in [5.74, 6) is 0.615. The van der Waals surface area contributed by atoms with E-state index < -0.39 is 0 Å². The third-order valence-electron chi connectivity index (χ3n) is 2.94. The Morgan fingerprint density at radius 3 is 2.95 bits per heavy atom. The van der Waals surface area contributed by atoms with E-state index in [1.54, 1.807) is 6.19 Å². The van der Waals surface area contributed by atoms with Crippen LogP contribution in [-0.2, 0) is 12.8 Å². The van der Waals surface area contributed by atoms with E-state index in [9.17, 15) is 5.26 Å². The van der Waals surface area contributed by atoms with E-state index in [-0.39, 0.29) is 5.84 Å². The number of nitrogens with zero attached hydrogens (tertiary/aromatic N) is 4. The van der Waals surface area contributed by atoms with Crippen molar-refractivity contribution in [2.75, 3.05) is 5.75 Å². The van der Waals surface area contributed by atoms with Gasteiger partial charge in [0.1, 0.15) is 16.9 Å². The summed E-state index contributed by atoms with van der Waals surface area (Å²) in [7, 11) is 0. The number of thioether (sulfide) groups is 1. The van der Waals surface area contributed by atoms with Crippen molar-refractivity contribution in [3.8, 4) is 12.3 Å². The van der Waals surface area contributed by atoms with E-state index in [1.165, 1.54) is 17.3 Å². The van der Waals surface area contributed by atoms with E-state index in [2.05, 4.69) is 16.0 Å². The summed E-state index contributed by atoms with van der Waals surface area (Å²) in [6, 6.07) is 4.10. The molecule has 1 heterocycles. The Morgan fingerprint density at radius 1 is 1.42 bits per heavy atom. The van der Waals surface area contributed by atoms with Gasteiger partial charge in [-0.25, -0.2) is 4.98 Å². The van der Waals surface area contributed by atoms with Crippen LogP contribution in [0.5, 0.6) is 0 Å². The molecule has 5 nitrogen and oxygen atoms in total. The van der Waals surface area contributed by atoms with Crippen LogP contribution in [0.15, 0.2) is 16.1 Å². The minimum absolute atomic E-state index is 0.246. The summed E-state index contributed by atoms with van der Waals surface area (Å²) < 4.78 is 0. The maximum absolute atomic E-state index is 9.17. The molecule has 0 spiro atoms. The molecule has 96 valence electrons. The van der Waals surface area contributed by atoms with Gasteiger partial charge in [0.25, 0.3) is 0 Å². The van der Waals surface area contributed by atoms with Gasteiger partial charge in [-0.1, -0.05) is 11.8 Å². The van der Waals surface area contributed by atoms with Crippen molar-refractivity contribution in [2.45, 2.75) is 30.7 Å². The molecule has 1 aromatic heterocycles. The van der Waals surface area contributed by atoms with Crippen molar-refractivity contribution >= 4 is 17.6 Å². The second-order valence-electron chi connectivity index (χ2n) is 4.26.